The Hall–Kier alpha value is -1.68. The summed E-state index contributed by atoms with van der Waals surface area (Å²) in [6.07, 6.45) is 3.23. The average molecular weight is 250 g/mol. The lowest BCUT2D eigenvalue weighted by Crippen LogP contribution is -2.03. The molecule has 5 heteroatoms. The van der Waals surface area contributed by atoms with Crippen molar-refractivity contribution >= 4 is 17.4 Å². The number of hydrogen-bond acceptors (Lipinski definition) is 3. The summed E-state index contributed by atoms with van der Waals surface area (Å²) in [5.41, 5.74) is 2.87. The predicted molar refractivity (Wildman–Crippen MR) is 65.8 cm³/mol. The Labute approximate surface area is 104 Å². The number of ketones is 1. The van der Waals surface area contributed by atoms with Crippen LogP contribution in [0.2, 0.25) is 5.02 Å². The van der Waals surface area contributed by atoms with Crippen molar-refractivity contribution in [1.82, 2.24) is 14.8 Å². The molecule has 2 aromatic heterocycles. The van der Waals surface area contributed by atoms with Gasteiger partial charge in [-0.1, -0.05) is 11.6 Å². The highest BCUT2D eigenvalue weighted by atomic mass is 35.5. The van der Waals surface area contributed by atoms with Gasteiger partial charge in [0.05, 0.1) is 33.9 Å². The Morgan fingerprint density at radius 3 is 2.71 bits per heavy atom. The van der Waals surface area contributed by atoms with Crippen molar-refractivity contribution in [3.05, 3.63) is 40.4 Å². The van der Waals surface area contributed by atoms with E-state index in [0.29, 0.717) is 10.6 Å². The molecule has 0 bridgehead atoms. The lowest BCUT2D eigenvalue weighted by Gasteiger charge is -2.08. The van der Waals surface area contributed by atoms with E-state index in [2.05, 4.69) is 10.1 Å². The topological polar surface area (TPSA) is 47.8 Å². The van der Waals surface area contributed by atoms with Crippen LogP contribution in [-0.2, 0) is 0 Å². The molecule has 0 aliphatic heterocycles. The van der Waals surface area contributed by atoms with Crippen LogP contribution >= 0.6 is 11.6 Å². The van der Waals surface area contributed by atoms with Gasteiger partial charge in [0.25, 0.3) is 0 Å². The Kier molecular flexibility index (Phi) is 2.98. The van der Waals surface area contributed by atoms with Crippen molar-refractivity contribution in [1.29, 1.82) is 0 Å². The first-order chi connectivity index (χ1) is 8.02. The smallest absolute Gasteiger partial charge is 0.163 e. The molecular weight excluding hydrogens is 238 g/mol. The number of Topliss-reactive ketones (excluding diaryl/α,β-unsaturated/α-hetero) is 1. The van der Waals surface area contributed by atoms with E-state index in [9.17, 15) is 4.79 Å². The normalized spacial score (nSPS) is 10.6. The van der Waals surface area contributed by atoms with Crippen LogP contribution in [0.3, 0.4) is 0 Å². The molecule has 0 saturated carbocycles. The second-order valence-corrected chi connectivity index (χ2v) is 4.22. The largest absolute Gasteiger partial charge is 0.294 e. The van der Waals surface area contributed by atoms with Gasteiger partial charge in [-0.05, 0) is 26.8 Å². The number of aromatic nitrogens is 3. The summed E-state index contributed by atoms with van der Waals surface area (Å²) in [5.74, 6) is -0.00403. The van der Waals surface area contributed by atoms with E-state index in [0.717, 1.165) is 17.1 Å². The third-order valence-electron chi connectivity index (χ3n) is 2.66. The van der Waals surface area contributed by atoms with Gasteiger partial charge in [0.15, 0.2) is 5.78 Å². The Bertz CT molecular complexity index is 589. The summed E-state index contributed by atoms with van der Waals surface area (Å²) in [5, 5.41) is 4.74. The number of halogens is 1. The molecule has 88 valence electrons. The highest BCUT2D eigenvalue weighted by Crippen LogP contribution is 2.24. The SMILES string of the molecule is CC(=O)c1cnn(-c2ccnc(C)c2Cl)c1C. The summed E-state index contributed by atoms with van der Waals surface area (Å²) in [6, 6.07) is 1.78. The molecule has 2 heterocycles. The average Bonchev–Trinajstić information content (AvgIpc) is 2.64. The van der Waals surface area contributed by atoms with Crippen LogP contribution in [-0.4, -0.2) is 20.5 Å². The van der Waals surface area contributed by atoms with Crippen LogP contribution in [0.15, 0.2) is 18.5 Å². The maximum absolute atomic E-state index is 11.4. The van der Waals surface area contributed by atoms with Gasteiger partial charge in [-0.2, -0.15) is 5.10 Å². The van der Waals surface area contributed by atoms with Gasteiger partial charge >= 0.3 is 0 Å². The zero-order valence-corrected chi connectivity index (χ0v) is 10.6. The predicted octanol–water partition coefficient (Wildman–Crippen LogP) is 2.74. The van der Waals surface area contributed by atoms with Crippen molar-refractivity contribution in [3.8, 4) is 5.69 Å². The summed E-state index contributed by atoms with van der Waals surface area (Å²) in [6.45, 7) is 5.19. The van der Waals surface area contributed by atoms with Crippen LogP contribution in [0.1, 0.15) is 28.7 Å². The van der Waals surface area contributed by atoms with Crippen LogP contribution in [0.25, 0.3) is 5.69 Å². The molecular formula is C12H12ClN3O. The van der Waals surface area contributed by atoms with E-state index in [-0.39, 0.29) is 5.78 Å². The van der Waals surface area contributed by atoms with E-state index in [1.165, 1.54) is 6.92 Å². The fourth-order valence-corrected chi connectivity index (χ4v) is 1.89. The molecule has 0 amide bonds. The number of nitrogens with zero attached hydrogens (tertiary/aromatic N) is 3. The maximum Gasteiger partial charge on any atom is 0.163 e. The number of pyridine rings is 1. The minimum absolute atomic E-state index is 0.00403. The van der Waals surface area contributed by atoms with Gasteiger partial charge in [-0.25, -0.2) is 4.68 Å². The molecule has 4 nitrogen and oxygen atoms in total. The third kappa shape index (κ3) is 1.96. The third-order valence-corrected chi connectivity index (χ3v) is 3.13. The first kappa shape index (κ1) is 11.8. The quantitative estimate of drug-likeness (QED) is 0.769. The minimum Gasteiger partial charge on any atom is -0.294 e. The molecule has 0 radical (unpaired) electrons. The monoisotopic (exact) mass is 249 g/mol. The Morgan fingerprint density at radius 1 is 1.41 bits per heavy atom. The molecule has 0 N–H and O–H groups in total. The minimum atomic E-state index is -0.00403. The molecule has 0 fully saturated rings. The van der Waals surface area contributed by atoms with Crippen LogP contribution < -0.4 is 0 Å². The van der Waals surface area contributed by atoms with E-state index in [1.54, 1.807) is 23.1 Å². The van der Waals surface area contributed by atoms with Gasteiger partial charge < -0.3 is 0 Å². The van der Waals surface area contributed by atoms with Gasteiger partial charge in [-0.15, -0.1) is 0 Å². The van der Waals surface area contributed by atoms with E-state index in [1.807, 2.05) is 13.8 Å². The Morgan fingerprint density at radius 2 is 2.12 bits per heavy atom. The molecule has 0 aliphatic rings. The second-order valence-electron chi connectivity index (χ2n) is 3.84. The summed E-state index contributed by atoms with van der Waals surface area (Å²) >= 11 is 6.18. The molecule has 2 aromatic rings. The molecule has 0 atom stereocenters. The highest BCUT2D eigenvalue weighted by Gasteiger charge is 2.14. The Balaban J connectivity index is 2.62. The lowest BCUT2D eigenvalue weighted by atomic mass is 10.2. The molecule has 0 saturated heterocycles. The summed E-state index contributed by atoms with van der Waals surface area (Å²) in [7, 11) is 0. The first-order valence-electron chi connectivity index (χ1n) is 5.19. The zero-order valence-electron chi connectivity index (χ0n) is 9.86. The molecule has 0 aromatic carbocycles. The fourth-order valence-electron chi connectivity index (χ4n) is 1.70. The molecule has 0 aliphatic carbocycles. The van der Waals surface area contributed by atoms with Gasteiger partial charge in [0.2, 0.25) is 0 Å². The summed E-state index contributed by atoms with van der Waals surface area (Å²) < 4.78 is 1.66. The van der Waals surface area contributed by atoms with Gasteiger partial charge in [0.1, 0.15) is 0 Å². The van der Waals surface area contributed by atoms with Gasteiger partial charge in [-0.3, -0.25) is 9.78 Å². The molecule has 0 spiro atoms. The van der Waals surface area contributed by atoms with Gasteiger partial charge in [0, 0.05) is 6.20 Å². The zero-order chi connectivity index (χ0) is 12.6. The van der Waals surface area contributed by atoms with Crippen LogP contribution in [0, 0.1) is 13.8 Å². The standard InChI is InChI=1S/C12H12ClN3O/c1-7-12(13)11(4-5-14-7)16-8(2)10(6-15-16)9(3)17/h4-6H,1-3H3. The van der Waals surface area contributed by atoms with E-state index >= 15 is 0 Å². The van der Waals surface area contributed by atoms with Crippen LogP contribution in [0.4, 0.5) is 0 Å². The van der Waals surface area contributed by atoms with Crippen molar-refractivity contribution in [2.24, 2.45) is 0 Å². The first-order valence-corrected chi connectivity index (χ1v) is 5.57. The second kappa shape index (κ2) is 4.30. The molecule has 2 rings (SSSR count). The number of carbonyl (C=O) groups is 1. The van der Waals surface area contributed by atoms with Crippen molar-refractivity contribution in [2.45, 2.75) is 20.8 Å². The van der Waals surface area contributed by atoms with Crippen molar-refractivity contribution < 1.29 is 4.79 Å². The number of rotatable bonds is 2. The summed E-state index contributed by atoms with van der Waals surface area (Å²) in [4.78, 5) is 15.5. The van der Waals surface area contributed by atoms with Crippen molar-refractivity contribution in [2.75, 3.05) is 0 Å². The molecule has 0 unspecified atom stereocenters. The number of hydrogen-bond donors (Lipinski definition) is 0. The number of aryl methyl sites for hydroxylation is 1. The van der Waals surface area contributed by atoms with E-state index in [4.69, 9.17) is 11.6 Å². The van der Waals surface area contributed by atoms with Crippen LogP contribution in [0.5, 0.6) is 0 Å². The maximum atomic E-state index is 11.4. The van der Waals surface area contributed by atoms with E-state index < -0.39 is 0 Å². The van der Waals surface area contributed by atoms with Crippen molar-refractivity contribution in [3.63, 3.8) is 0 Å². The number of carbonyl (C=O) groups excluding carboxylic acids is 1. The molecule has 17 heavy (non-hydrogen) atoms. The lowest BCUT2D eigenvalue weighted by molar-refractivity contribution is 0.101. The highest BCUT2D eigenvalue weighted by molar-refractivity contribution is 6.33. The fraction of sp³-hybridized carbons (Fsp3) is 0.250.